The molecule has 0 saturated carbocycles. The summed E-state index contributed by atoms with van der Waals surface area (Å²) in [5, 5.41) is 2.13. The molecule has 0 aliphatic carbocycles. The number of fused-ring (bicyclic) bond motifs is 4. The number of hydrogen-bond acceptors (Lipinski definition) is 2. The van der Waals surface area contributed by atoms with Crippen LogP contribution < -0.4 is 9.30 Å². The number of pyridine rings is 1. The molecule has 3 heterocycles. The standard InChI is InChI=1S/C67H60N4O.Pt/c1-44(2)45(3)48-34-35-68-64(39-48)71-60-29-17-16-26-58(60)59-32-31-55(42-62(59)71)72-54-25-18-24-53(41-54)69-43-70(63-38-49(30-33-61(63)69)46-20-12-10-13-21-46)65-56(47-22-14-11-15-23-47)27-19-28-57(65)50-36-51(66(4,5)6)40-52(37-50)67(7,8)9;/h10-40,44-45H,1-9H3;/q-2;/i11D,14D,15D,22D,23D;. The zero-order chi connectivity index (χ0) is 54.2. The molecular formula is C67H60N4OPt-2. The third-order valence-electron chi connectivity index (χ3n) is 14.1. The van der Waals surface area contributed by atoms with Crippen molar-refractivity contribution in [3.05, 3.63) is 223 Å². The normalized spacial score (nSPS) is 13.4. The zero-order valence-corrected chi connectivity index (χ0v) is 45.0. The first-order chi connectivity index (χ1) is 36.8. The van der Waals surface area contributed by atoms with E-state index in [-0.39, 0.29) is 49.5 Å². The molecule has 0 amide bonds. The van der Waals surface area contributed by atoms with Crippen LogP contribution in [0.5, 0.6) is 11.5 Å². The first kappa shape index (κ1) is 43.3. The summed E-state index contributed by atoms with van der Waals surface area (Å²) in [6.07, 6.45) is 5.63. The van der Waals surface area contributed by atoms with Gasteiger partial charge in [0.1, 0.15) is 5.82 Å². The van der Waals surface area contributed by atoms with Gasteiger partial charge >= 0.3 is 0 Å². The van der Waals surface area contributed by atoms with Gasteiger partial charge in [0.2, 0.25) is 0 Å². The van der Waals surface area contributed by atoms with Crippen molar-refractivity contribution in [1.82, 2.24) is 14.1 Å². The van der Waals surface area contributed by atoms with Crippen molar-refractivity contribution in [3.8, 4) is 62.1 Å². The van der Waals surface area contributed by atoms with Gasteiger partial charge in [-0.25, -0.2) is 4.98 Å². The molecule has 0 aliphatic heterocycles. The van der Waals surface area contributed by atoms with E-state index in [2.05, 4.69) is 176 Å². The van der Waals surface area contributed by atoms with Crippen LogP contribution in [0.25, 0.3) is 83.4 Å². The van der Waals surface area contributed by atoms with Crippen LogP contribution in [0.4, 0.5) is 0 Å². The van der Waals surface area contributed by atoms with E-state index in [0.29, 0.717) is 40.3 Å². The summed E-state index contributed by atoms with van der Waals surface area (Å²) < 4.78 is 57.8. The van der Waals surface area contributed by atoms with E-state index in [1.165, 1.54) is 5.56 Å². The molecule has 6 heteroatoms. The third-order valence-corrected chi connectivity index (χ3v) is 14.1. The van der Waals surface area contributed by atoms with Crippen LogP contribution in [0.3, 0.4) is 0 Å². The Morgan fingerprint density at radius 2 is 1.27 bits per heavy atom. The molecule has 3 aromatic heterocycles. The quantitative estimate of drug-likeness (QED) is 0.101. The Hall–Kier alpha value is -7.33. The smallest absolute Gasteiger partial charge is 0.268 e. The maximum atomic E-state index is 9.35. The molecule has 1 unspecified atom stereocenters. The van der Waals surface area contributed by atoms with E-state index in [9.17, 15) is 2.74 Å². The largest absolute Gasteiger partial charge is 0.510 e. The van der Waals surface area contributed by atoms with Gasteiger partial charge in [-0.1, -0.05) is 195 Å². The SMILES string of the molecule is [2H]c1c([2H])c([2H])c(-c2cccc(-c3cc(C(C)(C)C)cc(C(C)(C)C)c3)c2-[n+]2[c-]n(-c3[c-]c(Oc4[c-]c5c(cc4)c4ccccc4n5-c4cc(C(C)C(C)C)ccn4)ccc3)c3ccc(-c4ccccc4)cc32)c([2H])c1[2H].[Pt]. The molecule has 0 N–H and O–H groups in total. The van der Waals surface area contributed by atoms with Gasteiger partial charge in [0.15, 0.2) is 0 Å². The molecule has 1 atom stereocenters. The predicted molar refractivity (Wildman–Crippen MR) is 297 cm³/mol. The molecule has 73 heavy (non-hydrogen) atoms. The fraction of sp³-hybridized carbons (Fsp3) is 0.194. The van der Waals surface area contributed by atoms with E-state index in [0.717, 1.165) is 72.0 Å². The minimum absolute atomic E-state index is 0. The van der Waals surface area contributed by atoms with E-state index in [1.807, 2.05) is 76.0 Å². The van der Waals surface area contributed by atoms with Crippen molar-refractivity contribution in [2.75, 3.05) is 0 Å². The summed E-state index contributed by atoms with van der Waals surface area (Å²) in [4.78, 5) is 4.89. The second-order valence-electron chi connectivity index (χ2n) is 21.3. The summed E-state index contributed by atoms with van der Waals surface area (Å²) in [7, 11) is 0. The molecule has 0 aliphatic rings. The summed E-state index contributed by atoms with van der Waals surface area (Å²) in [5.41, 5.74) is 12.0. The zero-order valence-electron chi connectivity index (χ0n) is 47.7. The molecule has 5 nitrogen and oxygen atoms in total. The number of nitrogens with zero attached hydrogens (tertiary/aromatic N) is 4. The van der Waals surface area contributed by atoms with Crippen molar-refractivity contribution in [2.45, 2.75) is 79.1 Å². The van der Waals surface area contributed by atoms with Gasteiger partial charge in [-0.3, -0.25) is 4.57 Å². The summed E-state index contributed by atoms with van der Waals surface area (Å²) in [5.74, 6) is 2.59. The minimum atomic E-state index is -0.450. The Morgan fingerprint density at radius 1 is 0.589 bits per heavy atom. The van der Waals surface area contributed by atoms with Gasteiger partial charge < -0.3 is 13.9 Å². The maximum Gasteiger partial charge on any atom is 0.268 e. The molecule has 366 valence electrons. The Morgan fingerprint density at radius 3 is 2.00 bits per heavy atom. The minimum Gasteiger partial charge on any atom is -0.510 e. The van der Waals surface area contributed by atoms with Crippen molar-refractivity contribution >= 4 is 32.8 Å². The van der Waals surface area contributed by atoms with E-state index in [1.54, 1.807) is 0 Å². The van der Waals surface area contributed by atoms with Crippen LogP contribution in [0, 0.1) is 24.4 Å². The molecule has 11 aromatic rings. The number of imidazole rings is 1. The van der Waals surface area contributed by atoms with Crippen LogP contribution >= 0.6 is 0 Å². The average molecular weight is 1140 g/mol. The Bertz CT molecular complexity index is 4050. The Kier molecular flexibility index (Phi) is 11.6. The van der Waals surface area contributed by atoms with E-state index >= 15 is 0 Å². The van der Waals surface area contributed by atoms with Gasteiger partial charge in [0.05, 0.1) is 23.6 Å². The van der Waals surface area contributed by atoms with Crippen LogP contribution in [-0.2, 0) is 31.9 Å². The predicted octanol–water partition coefficient (Wildman–Crippen LogP) is 16.9. The first-order valence-corrected chi connectivity index (χ1v) is 24.8. The van der Waals surface area contributed by atoms with E-state index < -0.39 is 18.1 Å². The van der Waals surface area contributed by atoms with Gasteiger partial charge in [0, 0.05) is 44.3 Å². The van der Waals surface area contributed by atoms with Gasteiger partial charge in [0.25, 0.3) is 6.33 Å². The Labute approximate surface area is 452 Å². The number of para-hydroxylation sites is 2. The van der Waals surface area contributed by atoms with Crippen molar-refractivity contribution in [2.24, 2.45) is 5.92 Å². The maximum absolute atomic E-state index is 9.35. The topological polar surface area (TPSA) is 35.9 Å². The number of ether oxygens (including phenoxy) is 1. The average Bonchev–Trinajstić information content (AvgIpc) is 4.19. The van der Waals surface area contributed by atoms with Gasteiger partial charge in [-0.05, 0) is 108 Å². The molecule has 0 fully saturated rings. The fourth-order valence-corrected chi connectivity index (χ4v) is 9.66. The number of hydrogen-bond donors (Lipinski definition) is 0. The number of aromatic nitrogens is 4. The van der Waals surface area contributed by atoms with Crippen LogP contribution in [-0.4, -0.2) is 14.1 Å². The molecule has 8 aromatic carbocycles. The van der Waals surface area contributed by atoms with Crippen molar-refractivity contribution in [1.29, 1.82) is 0 Å². The van der Waals surface area contributed by atoms with Crippen molar-refractivity contribution < 1.29 is 37.2 Å². The summed E-state index contributed by atoms with van der Waals surface area (Å²) >= 11 is 0. The van der Waals surface area contributed by atoms with Crippen molar-refractivity contribution in [3.63, 3.8) is 0 Å². The van der Waals surface area contributed by atoms with Crippen LogP contribution in [0.1, 0.15) is 91.8 Å². The molecule has 11 rings (SSSR count). The third kappa shape index (κ3) is 9.48. The summed E-state index contributed by atoms with van der Waals surface area (Å²) in [6, 6.07) is 56.8. The second kappa shape index (κ2) is 19.6. The van der Waals surface area contributed by atoms with Gasteiger partial charge in [-0.2, -0.15) is 18.2 Å². The van der Waals surface area contributed by atoms with Crippen LogP contribution in [0.2, 0.25) is 0 Å². The molecule has 0 bridgehead atoms. The second-order valence-corrected chi connectivity index (χ2v) is 21.3. The monoisotopic (exact) mass is 1140 g/mol. The van der Waals surface area contributed by atoms with E-state index in [4.69, 9.17) is 13.8 Å². The molecule has 0 saturated heterocycles. The summed E-state index contributed by atoms with van der Waals surface area (Å²) in [6.45, 7) is 20.0. The first-order valence-electron chi connectivity index (χ1n) is 27.3. The van der Waals surface area contributed by atoms with Gasteiger partial charge in [-0.15, -0.1) is 29.7 Å². The number of rotatable bonds is 10. The molecule has 0 spiro atoms. The Balaban J connectivity index is 0.00000688. The molecule has 0 radical (unpaired) electrons. The fourth-order valence-electron chi connectivity index (χ4n) is 9.66. The number of benzene rings is 8. The molecular weight excluding hydrogens is 1070 g/mol. The van der Waals surface area contributed by atoms with Crippen LogP contribution in [0.15, 0.2) is 188 Å².